The fraction of sp³-hybridized carbons (Fsp3) is 0.0577. The van der Waals surface area contributed by atoms with Gasteiger partial charge in [-0.15, -0.1) is 24.3 Å². The molecule has 0 N–H and O–H groups in total. The number of pyridine rings is 1. The van der Waals surface area contributed by atoms with Crippen LogP contribution in [0.25, 0.3) is 67.9 Å². The van der Waals surface area contributed by atoms with Crippen molar-refractivity contribution in [3.8, 4) is 67.9 Å². The number of imidazole rings is 2. The zero-order valence-corrected chi connectivity index (χ0v) is 37.5. The van der Waals surface area contributed by atoms with Gasteiger partial charge in [0.25, 0.3) is 0 Å². The third-order valence-corrected chi connectivity index (χ3v) is 9.85. The van der Waals surface area contributed by atoms with Crippen LogP contribution in [0.15, 0.2) is 182 Å². The molecule has 0 fully saturated rings. The van der Waals surface area contributed by atoms with Crippen molar-refractivity contribution >= 4 is 0 Å². The SMILES string of the molecule is C[n+]1[c-]n(-c2[c-]cc(F)cc2)c(-c2ccccc2)c1-c1ccccc1.C[n+]1[c-]n(-c2[c-]cc(F)cc2)c(-c2ccccc2)c1-c1ccccc1.FC(F)(F)c1n[n-]c(-c2ccccn2)n1.[Ir]. The Labute approximate surface area is 391 Å². The normalized spacial score (nSPS) is 10.8. The molecule has 0 aliphatic heterocycles. The molecule has 0 atom stereocenters. The Bertz CT molecular complexity index is 2920. The van der Waals surface area contributed by atoms with Crippen LogP contribution in [0.3, 0.4) is 0 Å². The number of aryl methyl sites for hydroxylation is 2. The van der Waals surface area contributed by atoms with Gasteiger partial charge in [-0.2, -0.15) is 37.4 Å². The molecule has 6 aromatic carbocycles. The first kappa shape index (κ1) is 46.3. The van der Waals surface area contributed by atoms with Crippen LogP contribution >= 0.6 is 0 Å². The van der Waals surface area contributed by atoms with Gasteiger partial charge in [-0.05, 0) is 40.2 Å². The van der Waals surface area contributed by atoms with Crippen LogP contribution in [0.4, 0.5) is 22.0 Å². The van der Waals surface area contributed by atoms with E-state index in [4.69, 9.17) is 0 Å². The molecule has 0 unspecified atom stereocenters. The maximum absolute atomic E-state index is 13.3. The molecule has 0 bridgehead atoms. The van der Waals surface area contributed by atoms with E-state index in [0.717, 1.165) is 56.4 Å². The van der Waals surface area contributed by atoms with Gasteiger partial charge in [0.1, 0.15) is 5.82 Å². The zero-order chi connectivity index (χ0) is 45.3. The van der Waals surface area contributed by atoms with Crippen LogP contribution in [0.1, 0.15) is 5.82 Å². The summed E-state index contributed by atoms with van der Waals surface area (Å²) in [4.78, 5) is 7.05. The second-order valence-corrected chi connectivity index (χ2v) is 14.3. The average molecular weight is 1060 g/mol. The van der Waals surface area contributed by atoms with Gasteiger partial charge in [-0.1, -0.05) is 139 Å². The largest absolute Gasteiger partial charge is 0.429 e. The number of benzene rings is 6. The molecule has 10 aromatic rings. The first-order valence-electron chi connectivity index (χ1n) is 20.1. The number of alkyl halides is 3. The predicted molar refractivity (Wildman–Crippen MR) is 234 cm³/mol. The van der Waals surface area contributed by atoms with E-state index in [2.05, 4.69) is 93.5 Å². The first-order chi connectivity index (χ1) is 31.5. The molecule has 0 saturated carbocycles. The molecule has 331 valence electrons. The summed E-state index contributed by atoms with van der Waals surface area (Å²) in [6, 6.07) is 60.5. The molecule has 0 aliphatic carbocycles. The van der Waals surface area contributed by atoms with Gasteiger partial charge in [0.05, 0.1) is 42.6 Å². The van der Waals surface area contributed by atoms with Crippen LogP contribution in [-0.4, -0.2) is 24.2 Å². The van der Waals surface area contributed by atoms with Gasteiger partial charge < -0.3 is 28.4 Å². The van der Waals surface area contributed by atoms with Crippen LogP contribution in [0.2, 0.25) is 0 Å². The number of halogens is 5. The van der Waals surface area contributed by atoms with Gasteiger partial charge in [0.15, 0.2) is 0 Å². The van der Waals surface area contributed by atoms with E-state index in [0.29, 0.717) is 0 Å². The standard InChI is InChI=1S/2C22H16FN2.C8H4F3N4.Ir/c2*1-24-16-25(20-14-12-19(23)13-15-20)22(18-10-6-3-7-11-18)21(24)17-8-4-2-5-9-17;9-8(10,11)7-13-6(14-15-7)5-3-1-2-4-12-5;/h2*2-14H,1H3;1-4H;/q3*-1;. The quantitative estimate of drug-likeness (QED) is 0.0906. The van der Waals surface area contributed by atoms with Crippen molar-refractivity contribution in [2.75, 3.05) is 0 Å². The summed E-state index contributed by atoms with van der Waals surface area (Å²) in [6.45, 7) is 0. The molecule has 0 aliphatic rings. The van der Waals surface area contributed by atoms with Crippen LogP contribution < -0.4 is 14.2 Å². The molecule has 8 nitrogen and oxygen atoms in total. The van der Waals surface area contributed by atoms with Gasteiger partial charge in [0, 0.05) is 37.9 Å². The Balaban J connectivity index is 0.000000151. The molecule has 0 spiro atoms. The molecular formula is C52H36F5IrN8-3. The minimum Gasteiger partial charge on any atom is -0.413 e. The number of hydrogen-bond acceptors (Lipinski definition) is 3. The Morgan fingerprint density at radius 3 is 1.29 bits per heavy atom. The molecule has 66 heavy (non-hydrogen) atoms. The first-order valence-corrected chi connectivity index (χ1v) is 20.1. The fourth-order valence-corrected chi connectivity index (χ4v) is 6.99. The molecule has 4 heterocycles. The fourth-order valence-electron chi connectivity index (χ4n) is 6.99. The molecule has 14 heteroatoms. The minimum absolute atomic E-state index is 0. The predicted octanol–water partition coefficient (Wildman–Crippen LogP) is 10.3. The summed E-state index contributed by atoms with van der Waals surface area (Å²) in [6.07, 6.45) is 3.53. The summed E-state index contributed by atoms with van der Waals surface area (Å²) in [5, 5.41) is 6.25. The summed E-state index contributed by atoms with van der Waals surface area (Å²) < 4.78 is 70.8. The van der Waals surface area contributed by atoms with E-state index in [1.165, 1.54) is 36.5 Å². The van der Waals surface area contributed by atoms with Gasteiger partial charge >= 0.3 is 6.18 Å². The van der Waals surface area contributed by atoms with E-state index in [-0.39, 0.29) is 43.3 Å². The van der Waals surface area contributed by atoms with E-state index < -0.39 is 12.0 Å². The van der Waals surface area contributed by atoms with E-state index in [1.807, 2.05) is 105 Å². The third kappa shape index (κ3) is 10.6. The maximum atomic E-state index is 13.3. The van der Waals surface area contributed by atoms with Crippen molar-refractivity contribution in [3.05, 3.63) is 224 Å². The van der Waals surface area contributed by atoms with Crippen molar-refractivity contribution in [2.45, 2.75) is 6.18 Å². The minimum atomic E-state index is -4.57. The number of nitrogens with zero attached hydrogens (tertiary/aromatic N) is 8. The summed E-state index contributed by atoms with van der Waals surface area (Å²) in [5.41, 5.74) is 10.2. The zero-order valence-electron chi connectivity index (χ0n) is 35.1. The van der Waals surface area contributed by atoms with Crippen molar-refractivity contribution in [3.63, 3.8) is 0 Å². The number of hydrogen-bond donors (Lipinski definition) is 0. The number of rotatable bonds is 7. The Morgan fingerprint density at radius 1 is 0.530 bits per heavy atom. The van der Waals surface area contributed by atoms with Gasteiger partial charge in [-0.25, -0.2) is 0 Å². The van der Waals surface area contributed by atoms with E-state index in [9.17, 15) is 22.0 Å². The smallest absolute Gasteiger partial charge is 0.413 e. The molecule has 4 aromatic heterocycles. The Kier molecular flexibility index (Phi) is 14.7. The van der Waals surface area contributed by atoms with Crippen molar-refractivity contribution in [1.82, 2.24) is 29.3 Å². The van der Waals surface area contributed by atoms with Gasteiger partial charge in [0.2, 0.25) is 12.7 Å². The van der Waals surface area contributed by atoms with E-state index >= 15 is 0 Å². The molecular weight excluding hydrogens is 1020 g/mol. The summed E-state index contributed by atoms with van der Waals surface area (Å²) >= 11 is 0. The van der Waals surface area contributed by atoms with Crippen LogP contribution in [0.5, 0.6) is 0 Å². The topological polar surface area (TPSA) is 70.4 Å². The van der Waals surface area contributed by atoms with Crippen molar-refractivity contribution < 1.29 is 51.2 Å². The molecule has 0 saturated heterocycles. The second-order valence-electron chi connectivity index (χ2n) is 14.3. The van der Waals surface area contributed by atoms with Crippen LogP contribution in [-0.2, 0) is 40.4 Å². The molecule has 10 rings (SSSR count). The average Bonchev–Trinajstić information content (AvgIpc) is 4.08. The monoisotopic (exact) mass is 1060 g/mol. The molecule has 1 radical (unpaired) electrons. The third-order valence-electron chi connectivity index (χ3n) is 9.85. The molecule has 0 amide bonds. The van der Waals surface area contributed by atoms with Crippen molar-refractivity contribution in [1.29, 1.82) is 0 Å². The maximum Gasteiger partial charge on any atom is 0.429 e. The Morgan fingerprint density at radius 2 is 0.939 bits per heavy atom. The van der Waals surface area contributed by atoms with Gasteiger partial charge in [-0.3, -0.25) is 18.9 Å². The van der Waals surface area contributed by atoms with Crippen molar-refractivity contribution in [2.24, 2.45) is 14.1 Å². The summed E-state index contributed by atoms with van der Waals surface area (Å²) in [7, 11) is 3.93. The van der Waals surface area contributed by atoms with E-state index in [1.54, 1.807) is 24.3 Å². The number of aromatic nitrogens is 8. The second kappa shape index (κ2) is 20.9. The summed E-state index contributed by atoms with van der Waals surface area (Å²) in [5.74, 6) is -1.97. The Hall–Kier alpha value is -7.67. The van der Waals surface area contributed by atoms with Crippen LogP contribution in [0, 0.1) is 36.4 Å².